The van der Waals surface area contributed by atoms with E-state index in [1.54, 1.807) is 11.0 Å². The monoisotopic (exact) mass is 683 g/mol. The number of carbonyl (C=O) groups is 5. The number of fused-ring (bicyclic) bond motifs is 1. The van der Waals surface area contributed by atoms with Crippen molar-refractivity contribution in [2.45, 2.75) is 156 Å². The first-order valence-corrected chi connectivity index (χ1v) is 18.9. The Hall–Kier alpha value is -2.91. The second-order valence-corrected chi connectivity index (χ2v) is 18.5. The van der Waals surface area contributed by atoms with E-state index in [9.17, 15) is 24.0 Å². The van der Waals surface area contributed by atoms with Gasteiger partial charge in [0, 0.05) is 18.6 Å². The van der Waals surface area contributed by atoms with Gasteiger partial charge in [-0.2, -0.15) is 0 Å². The van der Waals surface area contributed by atoms with Crippen LogP contribution < -0.4 is 21.3 Å². The van der Waals surface area contributed by atoms with Crippen molar-refractivity contribution >= 4 is 29.5 Å². The predicted octanol–water partition coefficient (Wildman–Crippen LogP) is 5.65. The maximum atomic E-state index is 14.5. The number of Topliss-reactive ketones (excluding diaryl/α,β-unsaturated/α-hetero) is 1. The van der Waals surface area contributed by atoms with Gasteiger partial charge < -0.3 is 26.2 Å². The summed E-state index contributed by atoms with van der Waals surface area (Å²) in [7, 11) is 0. The molecule has 3 unspecified atom stereocenters. The Bertz CT molecular complexity index is 1250. The van der Waals surface area contributed by atoms with E-state index < -0.39 is 41.1 Å². The van der Waals surface area contributed by atoms with Crippen molar-refractivity contribution < 1.29 is 24.0 Å². The molecule has 1 saturated heterocycles. The van der Waals surface area contributed by atoms with Crippen molar-refractivity contribution in [1.29, 1.82) is 0 Å². The Balaban J connectivity index is 1.50. The van der Waals surface area contributed by atoms with E-state index in [4.69, 9.17) is 0 Å². The van der Waals surface area contributed by atoms with E-state index in [0.717, 1.165) is 64.2 Å². The van der Waals surface area contributed by atoms with Gasteiger partial charge in [0.1, 0.15) is 12.1 Å². The molecule has 0 bridgehead atoms. The predicted molar refractivity (Wildman–Crippen MR) is 192 cm³/mol. The van der Waals surface area contributed by atoms with Crippen molar-refractivity contribution in [3.8, 4) is 0 Å². The van der Waals surface area contributed by atoms with Crippen LogP contribution in [-0.4, -0.2) is 71.2 Å². The Kier molecular flexibility index (Phi) is 12.0. The van der Waals surface area contributed by atoms with Gasteiger partial charge in [-0.05, 0) is 72.5 Å². The lowest BCUT2D eigenvalue weighted by Crippen LogP contribution is -2.63. The normalized spacial score (nSPS) is 25.3. The lowest BCUT2D eigenvalue weighted by molar-refractivity contribution is -0.145. The van der Waals surface area contributed by atoms with Crippen LogP contribution in [0.25, 0.3) is 0 Å². The van der Waals surface area contributed by atoms with Gasteiger partial charge in [0.15, 0.2) is 0 Å². The van der Waals surface area contributed by atoms with Crippen molar-refractivity contribution in [3.05, 3.63) is 12.7 Å². The topological polar surface area (TPSA) is 137 Å². The SMILES string of the molecule is C=CCCNC(=O)C(=O)C(CC1CC1)NC(=O)[C@@H]1C2C(CN1C(=O)[C@@H](NC(=O)NC1(CCCC(C)(C)C)CCCCC1)C(C)(C)C)C2(C)C. The first kappa shape index (κ1) is 38.9. The van der Waals surface area contributed by atoms with Crippen molar-refractivity contribution in [3.63, 3.8) is 0 Å². The van der Waals surface area contributed by atoms with E-state index >= 15 is 0 Å². The third-order valence-electron chi connectivity index (χ3n) is 11.7. The fourth-order valence-corrected chi connectivity index (χ4v) is 8.37. The zero-order chi connectivity index (χ0) is 36.4. The molecule has 10 nitrogen and oxygen atoms in total. The minimum atomic E-state index is -0.950. The number of ketones is 1. The molecule has 3 saturated carbocycles. The number of hydrogen-bond acceptors (Lipinski definition) is 5. The summed E-state index contributed by atoms with van der Waals surface area (Å²) in [6.45, 7) is 21.1. The maximum absolute atomic E-state index is 14.5. The Morgan fingerprint density at radius 3 is 2.18 bits per heavy atom. The second kappa shape index (κ2) is 15.1. The Morgan fingerprint density at radius 2 is 1.61 bits per heavy atom. The molecule has 1 aliphatic heterocycles. The molecule has 5 atom stereocenters. The number of amides is 5. The van der Waals surface area contributed by atoms with Crippen molar-refractivity contribution in [2.75, 3.05) is 13.1 Å². The van der Waals surface area contributed by atoms with E-state index in [2.05, 4.69) is 62.5 Å². The van der Waals surface area contributed by atoms with Gasteiger partial charge in [-0.15, -0.1) is 6.58 Å². The third-order valence-corrected chi connectivity index (χ3v) is 11.7. The molecule has 5 amide bonds. The van der Waals surface area contributed by atoms with E-state index in [1.165, 1.54) is 0 Å². The summed E-state index contributed by atoms with van der Waals surface area (Å²) in [5.41, 5.74) is -0.836. The standard InChI is InChI=1S/C39H65N5O5/c1-10-11-22-40-33(47)30(45)27(23-25-16-17-25)41-32(46)29-28-26(38(28,8)9)24-44(29)34(48)31(37(5,6)7)42-35(49)43-39(19-13-12-14-20-39)21-15-18-36(2,3)4/h10,25-29,31H,1,11-24H2,2-9H3,(H,40,47)(H,41,46)(H2,42,43,49)/t26?,27?,28?,29-,31+/m0/s1. The molecule has 0 spiro atoms. The fraction of sp³-hybridized carbons (Fsp3) is 0.821. The van der Waals surface area contributed by atoms with Crippen LogP contribution in [0.4, 0.5) is 4.79 Å². The van der Waals surface area contributed by atoms with E-state index in [1.807, 2.05) is 20.8 Å². The van der Waals surface area contributed by atoms with Gasteiger partial charge in [-0.1, -0.05) is 100.0 Å². The average Bonchev–Trinajstić information content (AvgIpc) is 3.85. The summed E-state index contributed by atoms with van der Waals surface area (Å²) in [6, 6.07) is -2.94. The van der Waals surface area contributed by atoms with Crippen molar-refractivity contribution in [1.82, 2.24) is 26.2 Å². The quantitative estimate of drug-likeness (QED) is 0.101. The zero-order valence-corrected chi connectivity index (χ0v) is 31.6. The molecule has 4 aliphatic rings. The van der Waals surface area contributed by atoms with Crippen LogP contribution in [0.15, 0.2) is 12.7 Å². The maximum Gasteiger partial charge on any atom is 0.315 e. The molecular formula is C39H65N5O5. The number of urea groups is 1. The van der Waals surface area contributed by atoms with Gasteiger partial charge in [-0.25, -0.2) is 4.79 Å². The first-order chi connectivity index (χ1) is 22.8. The minimum Gasteiger partial charge on any atom is -0.349 e. The summed E-state index contributed by atoms with van der Waals surface area (Å²) in [6.07, 6.45) is 12.7. The average molecular weight is 684 g/mol. The summed E-state index contributed by atoms with van der Waals surface area (Å²) in [4.78, 5) is 70.1. The van der Waals surface area contributed by atoms with Gasteiger partial charge in [-0.3, -0.25) is 19.2 Å². The third kappa shape index (κ3) is 9.87. The van der Waals surface area contributed by atoms with Crippen LogP contribution in [0.2, 0.25) is 0 Å². The smallest absolute Gasteiger partial charge is 0.315 e. The summed E-state index contributed by atoms with van der Waals surface area (Å²) in [5, 5.41) is 12.0. The number of piperidine rings is 1. The lowest BCUT2D eigenvalue weighted by atomic mass is 9.76. The molecule has 10 heteroatoms. The number of rotatable bonds is 15. The minimum absolute atomic E-state index is 0.0719. The number of nitrogens with zero attached hydrogens (tertiary/aromatic N) is 1. The highest BCUT2D eigenvalue weighted by atomic mass is 16.2. The molecule has 0 aromatic rings. The highest BCUT2D eigenvalue weighted by Crippen LogP contribution is 2.65. The van der Waals surface area contributed by atoms with Crippen LogP contribution >= 0.6 is 0 Å². The molecule has 49 heavy (non-hydrogen) atoms. The largest absolute Gasteiger partial charge is 0.349 e. The number of carbonyl (C=O) groups excluding carboxylic acids is 5. The molecule has 0 radical (unpaired) electrons. The molecule has 1 heterocycles. The molecule has 4 rings (SSSR count). The molecule has 0 aromatic carbocycles. The lowest BCUT2D eigenvalue weighted by Gasteiger charge is -2.41. The molecule has 4 N–H and O–H groups in total. The Morgan fingerprint density at radius 1 is 0.959 bits per heavy atom. The van der Waals surface area contributed by atoms with E-state index in [0.29, 0.717) is 25.9 Å². The molecular weight excluding hydrogens is 618 g/mol. The second-order valence-electron chi connectivity index (χ2n) is 18.5. The van der Waals surface area contributed by atoms with Crippen LogP contribution in [0.5, 0.6) is 0 Å². The van der Waals surface area contributed by atoms with Crippen LogP contribution in [-0.2, 0) is 19.2 Å². The van der Waals surface area contributed by atoms with Gasteiger partial charge in [0.25, 0.3) is 5.91 Å². The van der Waals surface area contributed by atoms with Gasteiger partial charge >= 0.3 is 6.03 Å². The van der Waals surface area contributed by atoms with Crippen LogP contribution in [0.3, 0.4) is 0 Å². The Labute approximate surface area is 295 Å². The fourth-order valence-electron chi connectivity index (χ4n) is 8.37. The summed E-state index contributed by atoms with van der Waals surface area (Å²) < 4.78 is 0. The van der Waals surface area contributed by atoms with Gasteiger partial charge in [0.2, 0.25) is 17.6 Å². The number of nitrogens with one attached hydrogen (secondary N) is 4. The summed E-state index contributed by atoms with van der Waals surface area (Å²) in [5.74, 6) is -1.71. The van der Waals surface area contributed by atoms with Crippen LogP contribution in [0.1, 0.15) is 132 Å². The zero-order valence-electron chi connectivity index (χ0n) is 31.6. The molecule has 0 aromatic heterocycles. The number of hydrogen-bond donors (Lipinski definition) is 4. The molecule has 276 valence electrons. The highest BCUT2D eigenvalue weighted by molar-refractivity contribution is 6.38. The van der Waals surface area contributed by atoms with Crippen LogP contribution in [0, 0.1) is 34.0 Å². The van der Waals surface area contributed by atoms with Crippen molar-refractivity contribution in [2.24, 2.45) is 34.0 Å². The molecule has 4 fully saturated rings. The van der Waals surface area contributed by atoms with E-state index in [-0.39, 0.29) is 46.1 Å². The number of likely N-dealkylation sites (tertiary alicyclic amines) is 1. The highest BCUT2D eigenvalue weighted by Gasteiger charge is 2.70. The van der Waals surface area contributed by atoms with Gasteiger partial charge in [0.05, 0.1) is 6.04 Å². The summed E-state index contributed by atoms with van der Waals surface area (Å²) >= 11 is 0. The molecule has 3 aliphatic carbocycles. The first-order valence-electron chi connectivity index (χ1n) is 18.9.